The fraction of sp³-hybridized carbons (Fsp3) is 0. The van der Waals surface area contributed by atoms with Crippen molar-refractivity contribution in [3.05, 3.63) is 45.0 Å². The van der Waals surface area contributed by atoms with Crippen LogP contribution in [0.25, 0.3) is 5.69 Å². The van der Waals surface area contributed by atoms with Crippen molar-refractivity contribution in [2.24, 2.45) is 0 Å². The van der Waals surface area contributed by atoms with Gasteiger partial charge in [-0.25, -0.2) is 9.67 Å². The minimum Gasteiger partial charge on any atom is -0.391 e. The van der Waals surface area contributed by atoms with Crippen molar-refractivity contribution in [1.82, 2.24) is 14.8 Å². The fourth-order valence-electron chi connectivity index (χ4n) is 1.39. The minimum atomic E-state index is -0.789. The van der Waals surface area contributed by atoms with Crippen LogP contribution < -0.4 is 5.73 Å². The van der Waals surface area contributed by atoms with Crippen LogP contribution in [0.5, 0.6) is 0 Å². The van der Waals surface area contributed by atoms with Crippen molar-refractivity contribution in [3.63, 3.8) is 0 Å². The lowest BCUT2D eigenvalue weighted by Crippen LogP contribution is -2.05. The summed E-state index contributed by atoms with van der Waals surface area (Å²) < 4.78 is 1.12. The van der Waals surface area contributed by atoms with E-state index in [-0.39, 0.29) is 11.4 Å². The lowest BCUT2D eigenvalue weighted by molar-refractivity contribution is -0.393. The maximum Gasteiger partial charge on any atom is 0.301 e. The van der Waals surface area contributed by atoms with Crippen LogP contribution in [-0.2, 0) is 0 Å². The molecule has 0 unspecified atom stereocenters. The van der Waals surface area contributed by atoms with Gasteiger partial charge in [-0.3, -0.25) is 20.2 Å². The molecule has 0 radical (unpaired) electrons. The molecule has 1 aromatic carbocycles. The standard InChI is InChI=1S/C8H6N6O4/c9-8-6(12-4-10-3-11-12)1-5(13(15)16)2-7(8)14(17)18/h1-4H,9H2. The average Bonchev–Trinajstić information content (AvgIpc) is 2.81. The first kappa shape index (κ1) is 11.4. The monoisotopic (exact) mass is 250 g/mol. The van der Waals surface area contributed by atoms with Gasteiger partial charge in [-0.1, -0.05) is 0 Å². The first-order valence-corrected chi connectivity index (χ1v) is 4.58. The summed E-state index contributed by atoms with van der Waals surface area (Å²) in [4.78, 5) is 23.6. The van der Waals surface area contributed by atoms with Crippen LogP contribution in [0, 0.1) is 20.2 Å². The highest BCUT2D eigenvalue weighted by Crippen LogP contribution is 2.32. The Morgan fingerprint density at radius 1 is 1.22 bits per heavy atom. The summed E-state index contributed by atoms with van der Waals surface area (Å²) in [7, 11) is 0. The third kappa shape index (κ3) is 1.81. The summed E-state index contributed by atoms with van der Waals surface area (Å²) in [6.45, 7) is 0. The summed E-state index contributed by atoms with van der Waals surface area (Å²) in [5, 5.41) is 25.2. The van der Waals surface area contributed by atoms with Crippen molar-refractivity contribution in [2.45, 2.75) is 0 Å². The number of hydrogen-bond donors (Lipinski definition) is 1. The Balaban J connectivity index is 2.72. The van der Waals surface area contributed by atoms with Crippen LogP contribution >= 0.6 is 0 Å². The Labute approximate surface area is 99.0 Å². The number of nitro groups is 2. The Hall–Kier alpha value is -3.04. The molecule has 0 aliphatic rings. The van der Waals surface area contributed by atoms with E-state index in [1.807, 2.05) is 0 Å². The number of nitrogens with zero attached hydrogens (tertiary/aromatic N) is 5. The molecule has 18 heavy (non-hydrogen) atoms. The minimum absolute atomic E-state index is 0.0356. The van der Waals surface area contributed by atoms with Crippen molar-refractivity contribution in [2.75, 3.05) is 5.73 Å². The second-order valence-electron chi connectivity index (χ2n) is 3.25. The first-order chi connectivity index (χ1) is 8.50. The van der Waals surface area contributed by atoms with E-state index in [4.69, 9.17) is 5.73 Å². The topological polar surface area (TPSA) is 143 Å². The van der Waals surface area contributed by atoms with E-state index in [2.05, 4.69) is 10.1 Å². The zero-order valence-corrected chi connectivity index (χ0v) is 8.76. The molecule has 0 saturated heterocycles. The normalized spacial score (nSPS) is 10.2. The number of nitrogen functional groups attached to an aromatic ring is 1. The summed E-state index contributed by atoms with van der Waals surface area (Å²) in [6.07, 6.45) is 2.42. The molecule has 0 aliphatic heterocycles. The average molecular weight is 250 g/mol. The lowest BCUT2D eigenvalue weighted by atomic mass is 10.2. The van der Waals surface area contributed by atoms with E-state index >= 15 is 0 Å². The molecule has 2 aromatic rings. The van der Waals surface area contributed by atoms with Crippen LogP contribution in [0.1, 0.15) is 0 Å². The number of non-ortho nitro benzene ring substituents is 1. The molecule has 0 spiro atoms. The van der Waals surface area contributed by atoms with Crippen LogP contribution in [0.2, 0.25) is 0 Å². The van der Waals surface area contributed by atoms with Crippen LogP contribution in [0.15, 0.2) is 24.8 Å². The highest BCUT2D eigenvalue weighted by molar-refractivity contribution is 5.73. The van der Waals surface area contributed by atoms with Gasteiger partial charge >= 0.3 is 5.69 Å². The Kier molecular flexibility index (Phi) is 2.60. The van der Waals surface area contributed by atoms with E-state index in [1.54, 1.807) is 0 Å². The summed E-state index contributed by atoms with van der Waals surface area (Å²) in [5.41, 5.74) is 4.43. The molecule has 0 aliphatic carbocycles. The number of nitro benzene ring substituents is 2. The van der Waals surface area contributed by atoms with Crippen LogP contribution in [-0.4, -0.2) is 24.6 Å². The number of aromatic nitrogens is 3. The summed E-state index contributed by atoms with van der Waals surface area (Å²) in [6, 6.07) is 1.90. The molecule has 0 atom stereocenters. The molecule has 0 bridgehead atoms. The number of benzene rings is 1. The van der Waals surface area contributed by atoms with Gasteiger partial charge in [-0.2, -0.15) is 5.10 Å². The van der Waals surface area contributed by atoms with Gasteiger partial charge in [0.2, 0.25) is 0 Å². The molecule has 1 aromatic heterocycles. The zero-order valence-electron chi connectivity index (χ0n) is 8.76. The van der Waals surface area contributed by atoms with Crippen molar-refractivity contribution >= 4 is 17.1 Å². The molecule has 10 heteroatoms. The van der Waals surface area contributed by atoms with E-state index < -0.39 is 21.2 Å². The molecule has 2 N–H and O–H groups in total. The van der Waals surface area contributed by atoms with Crippen molar-refractivity contribution in [1.29, 1.82) is 0 Å². The van der Waals surface area contributed by atoms with Gasteiger partial charge in [0.05, 0.1) is 15.9 Å². The number of rotatable bonds is 3. The smallest absolute Gasteiger partial charge is 0.301 e. The predicted molar refractivity (Wildman–Crippen MR) is 59.1 cm³/mol. The van der Waals surface area contributed by atoms with E-state index in [9.17, 15) is 20.2 Å². The fourth-order valence-corrected chi connectivity index (χ4v) is 1.39. The third-order valence-electron chi connectivity index (χ3n) is 2.19. The van der Waals surface area contributed by atoms with Gasteiger partial charge in [0.15, 0.2) is 0 Å². The van der Waals surface area contributed by atoms with Crippen molar-refractivity contribution in [3.8, 4) is 5.69 Å². The Morgan fingerprint density at radius 3 is 2.44 bits per heavy atom. The molecule has 2 rings (SSSR count). The highest BCUT2D eigenvalue weighted by Gasteiger charge is 2.23. The zero-order chi connectivity index (χ0) is 13.3. The van der Waals surface area contributed by atoms with E-state index in [0.717, 1.165) is 16.8 Å². The van der Waals surface area contributed by atoms with E-state index in [1.165, 1.54) is 12.7 Å². The maximum absolute atomic E-state index is 10.8. The van der Waals surface area contributed by atoms with E-state index in [0.29, 0.717) is 0 Å². The summed E-state index contributed by atoms with van der Waals surface area (Å²) in [5.74, 6) is 0. The molecular formula is C8H6N6O4. The number of hydrogen-bond acceptors (Lipinski definition) is 7. The molecule has 92 valence electrons. The lowest BCUT2D eigenvalue weighted by Gasteiger charge is -2.05. The molecule has 0 fully saturated rings. The molecular weight excluding hydrogens is 244 g/mol. The second-order valence-corrected chi connectivity index (χ2v) is 3.25. The quantitative estimate of drug-likeness (QED) is 0.478. The van der Waals surface area contributed by atoms with Gasteiger partial charge in [-0.15, -0.1) is 0 Å². The van der Waals surface area contributed by atoms with Gasteiger partial charge in [0.1, 0.15) is 24.0 Å². The largest absolute Gasteiger partial charge is 0.391 e. The van der Waals surface area contributed by atoms with Crippen molar-refractivity contribution < 1.29 is 9.85 Å². The highest BCUT2D eigenvalue weighted by atomic mass is 16.6. The summed E-state index contributed by atoms with van der Waals surface area (Å²) >= 11 is 0. The predicted octanol–water partition coefficient (Wildman–Crippen LogP) is 0.666. The first-order valence-electron chi connectivity index (χ1n) is 4.58. The molecule has 1 heterocycles. The molecule has 0 saturated carbocycles. The van der Waals surface area contributed by atoms with Crippen LogP contribution in [0.4, 0.5) is 17.1 Å². The van der Waals surface area contributed by atoms with Gasteiger partial charge in [-0.05, 0) is 0 Å². The third-order valence-corrected chi connectivity index (χ3v) is 2.19. The Morgan fingerprint density at radius 2 is 1.94 bits per heavy atom. The SMILES string of the molecule is Nc1c(-n2cncn2)cc([N+](=O)[O-])cc1[N+](=O)[O-]. The van der Waals surface area contributed by atoms with Gasteiger partial charge < -0.3 is 5.73 Å². The molecule has 10 nitrogen and oxygen atoms in total. The van der Waals surface area contributed by atoms with Gasteiger partial charge in [0, 0.05) is 6.07 Å². The maximum atomic E-state index is 10.8. The molecule has 0 amide bonds. The second kappa shape index (κ2) is 4.08. The van der Waals surface area contributed by atoms with Gasteiger partial charge in [0.25, 0.3) is 5.69 Å². The van der Waals surface area contributed by atoms with Crippen LogP contribution in [0.3, 0.4) is 0 Å². The number of nitrogens with two attached hydrogens (primary N) is 1. The Bertz CT molecular complexity index is 623. The number of anilines is 1.